The van der Waals surface area contributed by atoms with Crippen LogP contribution in [0.3, 0.4) is 0 Å². The molecule has 0 saturated carbocycles. The molecule has 48 valence electrons. The lowest BCUT2D eigenvalue weighted by Gasteiger charge is -1.86. The van der Waals surface area contributed by atoms with Crippen LogP contribution in [-0.4, -0.2) is 10.9 Å². The van der Waals surface area contributed by atoms with Gasteiger partial charge in [0.15, 0.2) is 0 Å². The predicted molar refractivity (Wildman–Crippen MR) is 32.7 cm³/mol. The number of rotatable bonds is 1. The molecule has 1 heterocycles. The van der Waals surface area contributed by atoms with Gasteiger partial charge in [-0.1, -0.05) is 5.16 Å². The van der Waals surface area contributed by atoms with Crippen LogP contribution in [0.4, 0.5) is 0 Å². The second-order valence-electron chi connectivity index (χ2n) is 1.70. The highest BCUT2D eigenvalue weighted by atomic mass is 16.4. The van der Waals surface area contributed by atoms with Crippen LogP contribution in [0.1, 0.15) is 12.5 Å². The van der Waals surface area contributed by atoms with Gasteiger partial charge in [0, 0.05) is 5.56 Å². The maximum atomic E-state index is 8.25. The minimum atomic E-state index is 0.559. The van der Waals surface area contributed by atoms with Crippen LogP contribution in [0, 0.1) is 0 Å². The highest BCUT2D eigenvalue weighted by Crippen LogP contribution is 2.00. The lowest BCUT2D eigenvalue weighted by atomic mass is 10.2. The molecule has 1 N–H and O–H groups in total. The van der Waals surface area contributed by atoms with Gasteiger partial charge in [-0.3, -0.25) is 0 Å². The van der Waals surface area contributed by atoms with Gasteiger partial charge in [0.1, 0.15) is 0 Å². The molecule has 0 aliphatic rings. The van der Waals surface area contributed by atoms with Crippen LogP contribution in [0.5, 0.6) is 0 Å². The zero-order valence-corrected chi connectivity index (χ0v) is 5.03. The topological polar surface area (TPSA) is 45.7 Å². The van der Waals surface area contributed by atoms with Gasteiger partial charge in [-0.15, -0.1) is 0 Å². The first-order chi connectivity index (χ1) is 4.34. The Kier molecular flexibility index (Phi) is 1.53. The molecule has 1 rings (SSSR count). The molecule has 0 aliphatic heterocycles. The average molecular weight is 125 g/mol. The highest BCUT2D eigenvalue weighted by molar-refractivity contribution is 5.97. The van der Waals surface area contributed by atoms with Crippen molar-refractivity contribution in [2.75, 3.05) is 0 Å². The zero-order valence-electron chi connectivity index (χ0n) is 5.03. The van der Waals surface area contributed by atoms with Gasteiger partial charge >= 0.3 is 0 Å². The molecular formula is C6H7NO2. The van der Waals surface area contributed by atoms with Crippen molar-refractivity contribution in [1.82, 2.24) is 0 Å². The third kappa shape index (κ3) is 1.10. The van der Waals surface area contributed by atoms with Crippen LogP contribution in [0.2, 0.25) is 0 Å². The van der Waals surface area contributed by atoms with E-state index in [4.69, 9.17) is 9.62 Å². The van der Waals surface area contributed by atoms with E-state index in [0.29, 0.717) is 5.71 Å². The Morgan fingerprint density at radius 3 is 3.00 bits per heavy atom. The number of nitrogens with zero attached hydrogens (tertiary/aromatic N) is 1. The van der Waals surface area contributed by atoms with Crippen molar-refractivity contribution in [3.05, 3.63) is 24.2 Å². The van der Waals surface area contributed by atoms with E-state index in [9.17, 15) is 0 Å². The van der Waals surface area contributed by atoms with Gasteiger partial charge in [0.2, 0.25) is 0 Å². The van der Waals surface area contributed by atoms with Crippen molar-refractivity contribution < 1.29 is 9.62 Å². The third-order valence-corrected chi connectivity index (χ3v) is 1.09. The summed E-state index contributed by atoms with van der Waals surface area (Å²) in [6, 6.07) is 1.73. The van der Waals surface area contributed by atoms with E-state index in [2.05, 4.69) is 5.16 Å². The molecule has 0 aliphatic carbocycles. The van der Waals surface area contributed by atoms with Gasteiger partial charge in [-0.2, -0.15) is 0 Å². The second-order valence-corrected chi connectivity index (χ2v) is 1.70. The van der Waals surface area contributed by atoms with E-state index in [1.165, 1.54) is 12.5 Å². The van der Waals surface area contributed by atoms with E-state index in [0.717, 1.165) is 5.56 Å². The van der Waals surface area contributed by atoms with Crippen molar-refractivity contribution in [3.63, 3.8) is 0 Å². The number of furan rings is 1. The molecule has 0 aromatic carbocycles. The molecule has 0 amide bonds. The number of hydrogen-bond donors (Lipinski definition) is 1. The lowest BCUT2D eigenvalue weighted by molar-refractivity contribution is 0.319. The standard InChI is InChI=1S/C6H7NO2/c1-5(7-8)6-2-3-9-4-6/h2-4,8H,1H3/b7-5-. The first kappa shape index (κ1) is 5.88. The Balaban J connectivity index is 2.90. The van der Waals surface area contributed by atoms with Crippen LogP contribution in [-0.2, 0) is 0 Å². The SMILES string of the molecule is C/C(=N/O)c1ccoc1. The van der Waals surface area contributed by atoms with E-state index in [1.807, 2.05) is 0 Å². The van der Waals surface area contributed by atoms with Gasteiger partial charge in [0.25, 0.3) is 0 Å². The smallest absolute Gasteiger partial charge is 0.0994 e. The van der Waals surface area contributed by atoms with Crippen molar-refractivity contribution in [2.45, 2.75) is 6.92 Å². The van der Waals surface area contributed by atoms with Crippen LogP contribution in [0.25, 0.3) is 0 Å². The van der Waals surface area contributed by atoms with Gasteiger partial charge < -0.3 is 9.62 Å². The normalized spacial score (nSPS) is 11.9. The summed E-state index contributed by atoms with van der Waals surface area (Å²) in [5.41, 5.74) is 1.36. The molecule has 0 fully saturated rings. The molecular weight excluding hydrogens is 118 g/mol. The monoisotopic (exact) mass is 125 g/mol. The summed E-state index contributed by atoms with van der Waals surface area (Å²) in [7, 11) is 0. The second kappa shape index (κ2) is 2.35. The molecule has 0 bridgehead atoms. The van der Waals surface area contributed by atoms with Gasteiger partial charge in [-0.25, -0.2) is 0 Å². The Hall–Kier alpha value is -1.25. The fourth-order valence-electron chi connectivity index (χ4n) is 0.528. The first-order valence-corrected chi connectivity index (χ1v) is 2.56. The van der Waals surface area contributed by atoms with E-state index < -0.39 is 0 Å². The molecule has 0 radical (unpaired) electrons. The fourth-order valence-corrected chi connectivity index (χ4v) is 0.528. The minimum absolute atomic E-state index is 0.559. The Bertz CT molecular complexity index is 201. The minimum Gasteiger partial charge on any atom is -0.472 e. The van der Waals surface area contributed by atoms with Gasteiger partial charge in [-0.05, 0) is 13.0 Å². The van der Waals surface area contributed by atoms with Crippen LogP contribution >= 0.6 is 0 Å². The maximum Gasteiger partial charge on any atom is 0.0994 e. The highest BCUT2D eigenvalue weighted by Gasteiger charge is 1.95. The summed E-state index contributed by atoms with van der Waals surface area (Å²) < 4.78 is 4.75. The average Bonchev–Trinajstić information content (AvgIpc) is 2.37. The van der Waals surface area contributed by atoms with Crippen LogP contribution in [0.15, 0.2) is 28.2 Å². The van der Waals surface area contributed by atoms with Crippen molar-refractivity contribution in [2.24, 2.45) is 5.16 Å². The molecule has 0 saturated heterocycles. The summed E-state index contributed by atoms with van der Waals surface area (Å²) in [6.45, 7) is 1.70. The number of hydrogen-bond acceptors (Lipinski definition) is 3. The summed E-state index contributed by atoms with van der Waals surface area (Å²) in [4.78, 5) is 0. The zero-order chi connectivity index (χ0) is 6.69. The maximum absolute atomic E-state index is 8.25. The molecule has 3 heteroatoms. The Morgan fingerprint density at radius 2 is 2.56 bits per heavy atom. The van der Waals surface area contributed by atoms with E-state index in [1.54, 1.807) is 13.0 Å². The first-order valence-electron chi connectivity index (χ1n) is 2.56. The third-order valence-electron chi connectivity index (χ3n) is 1.09. The summed E-state index contributed by atoms with van der Waals surface area (Å²) in [5.74, 6) is 0. The lowest BCUT2D eigenvalue weighted by Crippen LogP contribution is -1.89. The van der Waals surface area contributed by atoms with E-state index >= 15 is 0 Å². The van der Waals surface area contributed by atoms with Crippen molar-refractivity contribution in [3.8, 4) is 0 Å². The molecule has 0 spiro atoms. The number of oxime groups is 1. The largest absolute Gasteiger partial charge is 0.472 e. The molecule has 9 heavy (non-hydrogen) atoms. The molecule has 3 nitrogen and oxygen atoms in total. The van der Waals surface area contributed by atoms with Gasteiger partial charge in [0.05, 0.1) is 18.2 Å². The molecule has 0 atom stereocenters. The molecule has 0 unspecified atom stereocenters. The van der Waals surface area contributed by atoms with E-state index in [-0.39, 0.29) is 0 Å². The molecule has 1 aromatic heterocycles. The summed E-state index contributed by atoms with van der Waals surface area (Å²) >= 11 is 0. The summed E-state index contributed by atoms with van der Waals surface area (Å²) in [5, 5.41) is 11.2. The predicted octanol–water partition coefficient (Wildman–Crippen LogP) is 1.48. The fraction of sp³-hybridized carbons (Fsp3) is 0.167. The quantitative estimate of drug-likeness (QED) is 0.351. The van der Waals surface area contributed by atoms with Crippen molar-refractivity contribution in [1.29, 1.82) is 0 Å². The van der Waals surface area contributed by atoms with Crippen molar-refractivity contribution >= 4 is 5.71 Å². The molecule has 1 aromatic rings. The Labute approximate surface area is 52.6 Å². The summed E-state index contributed by atoms with van der Waals surface area (Å²) in [6.07, 6.45) is 3.05. The Morgan fingerprint density at radius 1 is 1.78 bits per heavy atom. The van der Waals surface area contributed by atoms with Crippen LogP contribution < -0.4 is 0 Å².